The third-order valence-corrected chi connectivity index (χ3v) is 6.20. The van der Waals surface area contributed by atoms with E-state index in [4.69, 9.17) is 16.3 Å². The minimum atomic E-state index is -0.559. The van der Waals surface area contributed by atoms with Gasteiger partial charge in [0.1, 0.15) is 5.82 Å². The topological polar surface area (TPSA) is 61.9 Å². The molecule has 0 aliphatic carbocycles. The normalized spacial score (nSPS) is 19.7. The highest BCUT2D eigenvalue weighted by atomic mass is 35.5. The quantitative estimate of drug-likeness (QED) is 0.626. The first-order chi connectivity index (χ1) is 15.8. The van der Waals surface area contributed by atoms with Gasteiger partial charge in [0, 0.05) is 36.7 Å². The van der Waals surface area contributed by atoms with Crippen LogP contribution in [0.4, 0.5) is 9.18 Å². The third kappa shape index (κ3) is 6.92. The number of alkyl carbamates (subject to hydrolysis) is 1. The van der Waals surface area contributed by atoms with E-state index in [1.807, 2.05) is 11.8 Å². The van der Waals surface area contributed by atoms with Gasteiger partial charge in [0.05, 0.1) is 19.1 Å². The molecule has 3 rings (SSSR count). The molecule has 1 N–H and O–H groups in total. The predicted molar refractivity (Wildman–Crippen MR) is 126 cm³/mol. The van der Waals surface area contributed by atoms with Gasteiger partial charge in [-0.05, 0) is 56.2 Å². The monoisotopic (exact) mass is 475 g/mol. The van der Waals surface area contributed by atoms with Crippen molar-refractivity contribution in [2.24, 2.45) is 0 Å². The Morgan fingerprint density at radius 1 is 1.09 bits per heavy atom. The van der Waals surface area contributed by atoms with Gasteiger partial charge in [-0.1, -0.05) is 35.9 Å². The standard InChI is InChI=1S/C25H31ClFN3O3/c1-4-33-25(32)28-23(20-7-9-21(26)10-8-20)13-24(31)30-15-17(2)29(14-18(30)3)16-19-5-11-22(27)12-6-19/h5-12,17-18,23H,4,13-16H2,1-3H3,(H,28,32)/t17-,18+,23?/m0/s1. The first-order valence-electron chi connectivity index (χ1n) is 11.2. The fourth-order valence-corrected chi connectivity index (χ4v) is 4.27. The van der Waals surface area contributed by atoms with Crippen molar-refractivity contribution in [3.05, 3.63) is 70.5 Å². The second-order valence-corrected chi connectivity index (χ2v) is 8.91. The first kappa shape index (κ1) is 25.0. The van der Waals surface area contributed by atoms with Crippen LogP contribution in [0.2, 0.25) is 5.02 Å². The number of carbonyl (C=O) groups is 2. The molecule has 1 saturated heterocycles. The molecular formula is C25H31ClFN3O3. The van der Waals surface area contributed by atoms with Crippen LogP contribution in [0.3, 0.4) is 0 Å². The summed E-state index contributed by atoms with van der Waals surface area (Å²) in [5.41, 5.74) is 1.83. The average molecular weight is 476 g/mol. The lowest BCUT2D eigenvalue weighted by molar-refractivity contribution is -0.137. The van der Waals surface area contributed by atoms with E-state index < -0.39 is 12.1 Å². The van der Waals surface area contributed by atoms with Crippen molar-refractivity contribution < 1.29 is 18.7 Å². The van der Waals surface area contributed by atoms with Gasteiger partial charge in [-0.3, -0.25) is 9.69 Å². The number of amides is 2. The SMILES string of the molecule is CCOC(=O)NC(CC(=O)N1C[C@H](C)N(Cc2ccc(F)cc2)C[C@H]1C)c1ccc(Cl)cc1. The number of halogens is 2. The summed E-state index contributed by atoms with van der Waals surface area (Å²) in [7, 11) is 0. The fraction of sp³-hybridized carbons (Fsp3) is 0.440. The Labute approximate surface area is 199 Å². The van der Waals surface area contributed by atoms with Crippen molar-refractivity contribution in [1.82, 2.24) is 15.1 Å². The van der Waals surface area contributed by atoms with E-state index in [0.717, 1.165) is 11.1 Å². The molecule has 1 fully saturated rings. The van der Waals surface area contributed by atoms with Gasteiger partial charge in [-0.25, -0.2) is 9.18 Å². The van der Waals surface area contributed by atoms with Gasteiger partial charge < -0.3 is 15.0 Å². The number of piperazine rings is 1. The van der Waals surface area contributed by atoms with E-state index in [-0.39, 0.29) is 36.8 Å². The number of nitrogens with one attached hydrogen (secondary N) is 1. The van der Waals surface area contributed by atoms with Gasteiger partial charge in [0.25, 0.3) is 0 Å². The molecule has 8 heteroatoms. The second-order valence-electron chi connectivity index (χ2n) is 8.47. The minimum absolute atomic E-state index is 0.00242. The maximum atomic E-state index is 13.3. The van der Waals surface area contributed by atoms with E-state index in [0.29, 0.717) is 24.7 Å². The molecule has 2 aromatic carbocycles. The van der Waals surface area contributed by atoms with E-state index in [9.17, 15) is 14.0 Å². The van der Waals surface area contributed by atoms with Gasteiger partial charge in [0.15, 0.2) is 0 Å². The van der Waals surface area contributed by atoms with Crippen LogP contribution in [0.1, 0.15) is 44.4 Å². The highest BCUT2D eigenvalue weighted by molar-refractivity contribution is 6.30. The molecule has 1 aliphatic heterocycles. The Bertz CT molecular complexity index is 939. The minimum Gasteiger partial charge on any atom is -0.450 e. The van der Waals surface area contributed by atoms with Crippen molar-refractivity contribution in [2.75, 3.05) is 19.7 Å². The lowest BCUT2D eigenvalue weighted by Gasteiger charge is -2.44. The van der Waals surface area contributed by atoms with E-state index in [1.54, 1.807) is 43.3 Å². The zero-order chi connectivity index (χ0) is 24.0. The molecule has 0 bridgehead atoms. The van der Waals surface area contributed by atoms with Crippen molar-refractivity contribution in [2.45, 2.75) is 51.9 Å². The third-order valence-electron chi connectivity index (χ3n) is 5.95. The average Bonchev–Trinajstić information content (AvgIpc) is 2.77. The van der Waals surface area contributed by atoms with Crippen LogP contribution in [0.5, 0.6) is 0 Å². The molecule has 1 unspecified atom stereocenters. The number of nitrogens with zero attached hydrogens (tertiary/aromatic N) is 2. The smallest absolute Gasteiger partial charge is 0.407 e. The van der Waals surface area contributed by atoms with Crippen molar-refractivity contribution in [3.8, 4) is 0 Å². The molecule has 33 heavy (non-hydrogen) atoms. The number of hydrogen-bond acceptors (Lipinski definition) is 4. The maximum Gasteiger partial charge on any atom is 0.407 e. The highest BCUT2D eigenvalue weighted by Gasteiger charge is 2.33. The van der Waals surface area contributed by atoms with Crippen LogP contribution in [0.25, 0.3) is 0 Å². The van der Waals surface area contributed by atoms with Gasteiger partial charge in [-0.15, -0.1) is 0 Å². The molecule has 6 nitrogen and oxygen atoms in total. The summed E-state index contributed by atoms with van der Waals surface area (Å²) >= 11 is 6.00. The highest BCUT2D eigenvalue weighted by Crippen LogP contribution is 2.24. The molecule has 1 heterocycles. The van der Waals surface area contributed by atoms with Gasteiger partial charge >= 0.3 is 6.09 Å². The van der Waals surface area contributed by atoms with Crippen LogP contribution in [-0.2, 0) is 16.1 Å². The molecule has 0 radical (unpaired) electrons. The summed E-state index contributed by atoms with van der Waals surface area (Å²) < 4.78 is 18.2. The van der Waals surface area contributed by atoms with E-state index in [2.05, 4.69) is 17.1 Å². The number of carbonyl (C=O) groups excluding carboxylic acids is 2. The molecule has 0 aromatic heterocycles. The van der Waals surface area contributed by atoms with E-state index >= 15 is 0 Å². The van der Waals surface area contributed by atoms with Crippen molar-refractivity contribution >= 4 is 23.6 Å². The summed E-state index contributed by atoms with van der Waals surface area (Å²) in [5, 5.41) is 3.39. The Balaban J connectivity index is 1.67. The van der Waals surface area contributed by atoms with Crippen molar-refractivity contribution in [1.29, 1.82) is 0 Å². The Morgan fingerprint density at radius 3 is 2.39 bits per heavy atom. The summed E-state index contributed by atoms with van der Waals surface area (Å²) in [6.07, 6.45) is -0.439. The Hall–Kier alpha value is -2.64. The Kier molecular flexibility index (Phi) is 8.69. The molecule has 178 valence electrons. The molecule has 1 aliphatic rings. The lowest BCUT2D eigenvalue weighted by Crippen LogP contribution is -2.58. The van der Waals surface area contributed by atoms with Crippen LogP contribution < -0.4 is 5.32 Å². The summed E-state index contributed by atoms with van der Waals surface area (Å²) in [5.74, 6) is -0.283. The molecule has 0 spiro atoms. The Morgan fingerprint density at radius 2 is 1.76 bits per heavy atom. The predicted octanol–water partition coefficient (Wildman–Crippen LogP) is 4.78. The number of hydrogen-bond donors (Lipinski definition) is 1. The molecule has 2 amide bonds. The summed E-state index contributed by atoms with van der Waals surface area (Å²) in [4.78, 5) is 29.6. The van der Waals surface area contributed by atoms with Crippen molar-refractivity contribution in [3.63, 3.8) is 0 Å². The lowest BCUT2D eigenvalue weighted by atomic mass is 10.0. The zero-order valence-corrected chi connectivity index (χ0v) is 20.0. The number of rotatable bonds is 7. The van der Waals surface area contributed by atoms with Crippen LogP contribution in [-0.4, -0.2) is 53.6 Å². The number of benzene rings is 2. The molecule has 2 aromatic rings. The first-order valence-corrected chi connectivity index (χ1v) is 11.6. The van der Waals surface area contributed by atoms with E-state index in [1.165, 1.54) is 12.1 Å². The maximum absolute atomic E-state index is 13.3. The fourth-order valence-electron chi connectivity index (χ4n) is 4.14. The van der Waals surface area contributed by atoms with Gasteiger partial charge in [-0.2, -0.15) is 0 Å². The summed E-state index contributed by atoms with van der Waals surface area (Å²) in [6, 6.07) is 13.2. The summed E-state index contributed by atoms with van der Waals surface area (Å²) in [6.45, 7) is 8.08. The van der Waals surface area contributed by atoms with Crippen LogP contribution in [0.15, 0.2) is 48.5 Å². The second kappa shape index (κ2) is 11.5. The molecule has 3 atom stereocenters. The molecular weight excluding hydrogens is 445 g/mol. The largest absolute Gasteiger partial charge is 0.450 e. The van der Waals surface area contributed by atoms with Crippen LogP contribution in [0, 0.1) is 5.82 Å². The zero-order valence-electron chi connectivity index (χ0n) is 19.3. The van der Waals surface area contributed by atoms with Crippen LogP contribution >= 0.6 is 11.6 Å². The van der Waals surface area contributed by atoms with Gasteiger partial charge in [0.2, 0.25) is 5.91 Å². The molecule has 0 saturated carbocycles. The number of ether oxygens (including phenoxy) is 1.